The third-order valence-electron chi connectivity index (χ3n) is 1.75. The Morgan fingerprint density at radius 1 is 1.36 bits per heavy atom. The average molecular weight is 168 g/mol. The first-order chi connectivity index (χ1) is 5.00. The number of alkyl halides is 3. The zero-order chi connectivity index (χ0) is 8.48. The molecule has 0 aliphatic carbocycles. The molecule has 1 fully saturated rings. The van der Waals surface area contributed by atoms with Gasteiger partial charge in [-0.3, -0.25) is 0 Å². The summed E-state index contributed by atoms with van der Waals surface area (Å²) in [5.74, 6) is 0. The minimum absolute atomic E-state index is 0.179. The summed E-state index contributed by atoms with van der Waals surface area (Å²) in [5.41, 5.74) is 0. The predicted octanol–water partition coefficient (Wildman–Crippen LogP) is 1.10. The third kappa shape index (κ3) is 2.34. The van der Waals surface area contributed by atoms with Gasteiger partial charge in [0.25, 0.3) is 0 Å². The Hall–Kier alpha value is -0.290. The van der Waals surface area contributed by atoms with Crippen LogP contribution in [0.4, 0.5) is 13.2 Å². The van der Waals surface area contributed by atoms with Crippen molar-refractivity contribution in [3.05, 3.63) is 0 Å². The van der Waals surface area contributed by atoms with Crippen LogP contribution < -0.4 is 5.32 Å². The molecule has 0 spiro atoms. The molecule has 0 aromatic heterocycles. The second-order valence-electron chi connectivity index (χ2n) is 2.69. The normalized spacial score (nSPS) is 33.8. The molecule has 0 amide bonds. The van der Waals surface area contributed by atoms with E-state index >= 15 is 0 Å². The number of hydrogen-bond donors (Lipinski definition) is 1. The van der Waals surface area contributed by atoms with E-state index in [4.69, 9.17) is 0 Å². The Balaban J connectivity index is 2.46. The van der Waals surface area contributed by atoms with Crippen LogP contribution in [0.2, 0.25) is 0 Å². The highest BCUT2D eigenvalue weighted by Crippen LogP contribution is 2.26. The van der Waals surface area contributed by atoms with E-state index in [0.29, 0.717) is 6.42 Å². The van der Waals surface area contributed by atoms with E-state index in [-0.39, 0.29) is 13.0 Å². The van der Waals surface area contributed by atoms with Crippen molar-refractivity contribution < 1.29 is 18.3 Å². The van der Waals surface area contributed by atoms with Gasteiger partial charge in [0, 0.05) is 6.42 Å². The molecule has 2 nitrogen and oxygen atoms in total. The summed E-state index contributed by atoms with van der Waals surface area (Å²) < 4.78 is 35.7. The van der Waals surface area contributed by atoms with Crippen LogP contribution in [0.15, 0.2) is 0 Å². The number of hydrogen-bond acceptors (Lipinski definition) is 1. The Bertz CT molecular complexity index is 136. The van der Waals surface area contributed by atoms with Crippen LogP contribution in [0, 0.1) is 0 Å². The monoisotopic (exact) mass is 168 g/mol. The van der Waals surface area contributed by atoms with Crippen molar-refractivity contribution in [2.45, 2.75) is 31.2 Å². The van der Waals surface area contributed by atoms with E-state index in [1.807, 2.05) is 0 Å². The summed E-state index contributed by atoms with van der Waals surface area (Å²) in [4.78, 5) is 0. The van der Waals surface area contributed by atoms with Crippen LogP contribution in [0.5, 0.6) is 0 Å². The largest absolute Gasteiger partial charge is 0.403 e. The molecule has 0 aromatic carbocycles. The van der Waals surface area contributed by atoms with Crippen LogP contribution in [0.3, 0.4) is 0 Å². The van der Waals surface area contributed by atoms with Gasteiger partial charge in [0.2, 0.25) is 0 Å². The van der Waals surface area contributed by atoms with E-state index < -0.39 is 18.3 Å². The minimum Gasteiger partial charge on any atom is -0.306 e. The van der Waals surface area contributed by atoms with E-state index in [2.05, 4.69) is 5.32 Å². The maximum atomic E-state index is 11.9. The Kier molecular flexibility index (Phi) is 2.39. The van der Waals surface area contributed by atoms with Gasteiger partial charge in [0.1, 0.15) is 6.04 Å². The first kappa shape index (κ1) is 8.80. The van der Waals surface area contributed by atoms with Crippen LogP contribution in [-0.4, -0.2) is 24.9 Å². The topological polar surface area (TPSA) is 31.9 Å². The summed E-state index contributed by atoms with van der Waals surface area (Å²) in [6.07, 6.45) is -5.35. The molecule has 1 aliphatic rings. The van der Waals surface area contributed by atoms with Gasteiger partial charge in [-0.05, 0) is 13.0 Å². The highest BCUT2D eigenvalue weighted by molar-refractivity contribution is 4.82. The highest BCUT2D eigenvalue weighted by Gasteiger charge is 2.42. The molecule has 0 saturated carbocycles. The second kappa shape index (κ2) is 2.98. The standard InChI is InChI=1S/C6H9F3NO/c7-6(8,9)5-3-4(11)1-2-10-5/h4-5,10H,1-3H2. The molecule has 2 unspecified atom stereocenters. The lowest BCUT2D eigenvalue weighted by Crippen LogP contribution is -2.48. The smallest absolute Gasteiger partial charge is 0.306 e. The van der Waals surface area contributed by atoms with Gasteiger partial charge >= 0.3 is 6.18 Å². The number of piperidine rings is 1. The molecule has 0 aromatic rings. The Morgan fingerprint density at radius 3 is 2.36 bits per heavy atom. The summed E-state index contributed by atoms with van der Waals surface area (Å²) in [7, 11) is 0. The molecule has 5 heteroatoms. The lowest BCUT2D eigenvalue weighted by molar-refractivity contribution is -0.170. The van der Waals surface area contributed by atoms with E-state index in [0.717, 1.165) is 0 Å². The molecular formula is C6H9F3NO. The van der Waals surface area contributed by atoms with Crippen molar-refractivity contribution >= 4 is 0 Å². The summed E-state index contributed by atoms with van der Waals surface area (Å²) in [6.45, 7) is 0.179. The maximum Gasteiger partial charge on any atom is 0.403 e. The van der Waals surface area contributed by atoms with Crippen molar-refractivity contribution in [2.24, 2.45) is 0 Å². The second-order valence-corrected chi connectivity index (χ2v) is 2.69. The Labute approximate surface area is 62.4 Å². The first-order valence-electron chi connectivity index (χ1n) is 3.46. The van der Waals surface area contributed by atoms with E-state index in [1.54, 1.807) is 0 Å². The molecular weight excluding hydrogens is 159 g/mol. The third-order valence-corrected chi connectivity index (χ3v) is 1.75. The molecule has 1 heterocycles. The molecule has 1 rings (SSSR count). The van der Waals surface area contributed by atoms with Crippen molar-refractivity contribution in [3.8, 4) is 0 Å². The molecule has 1 radical (unpaired) electrons. The van der Waals surface area contributed by atoms with E-state index in [9.17, 15) is 18.3 Å². The fourth-order valence-corrected chi connectivity index (χ4v) is 1.13. The van der Waals surface area contributed by atoms with Gasteiger partial charge in [0.05, 0.1) is 6.10 Å². The lowest BCUT2D eigenvalue weighted by Gasteiger charge is -2.27. The summed E-state index contributed by atoms with van der Waals surface area (Å²) in [6, 6.07) is -1.58. The van der Waals surface area contributed by atoms with Gasteiger partial charge < -0.3 is 5.32 Å². The zero-order valence-electron chi connectivity index (χ0n) is 5.82. The first-order valence-corrected chi connectivity index (χ1v) is 3.46. The lowest BCUT2D eigenvalue weighted by atomic mass is 10.0. The van der Waals surface area contributed by atoms with Gasteiger partial charge in [-0.25, -0.2) is 5.11 Å². The quantitative estimate of drug-likeness (QED) is 0.577. The molecule has 1 N–H and O–H groups in total. The zero-order valence-corrected chi connectivity index (χ0v) is 5.82. The summed E-state index contributed by atoms with van der Waals surface area (Å²) in [5, 5.41) is 12.9. The number of halogens is 3. The van der Waals surface area contributed by atoms with Crippen LogP contribution in [0.25, 0.3) is 0 Å². The van der Waals surface area contributed by atoms with Crippen molar-refractivity contribution in [1.82, 2.24) is 5.32 Å². The molecule has 1 aliphatic heterocycles. The fourth-order valence-electron chi connectivity index (χ4n) is 1.13. The van der Waals surface area contributed by atoms with Crippen LogP contribution >= 0.6 is 0 Å². The van der Waals surface area contributed by atoms with Crippen molar-refractivity contribution in [2.75, 3.05) is 6.54 Å². The van der Waals surface area contributed by atoms with Gasteiger partial charge in [-0.1, -0.05) is 0 Å². The van der Waals surface area contributed by atoms with Crippen molar-refractivity contribution in [3.63, 3.8) is 0 Å². The molecule has 1 saturated heterocycles. The number of nitrogens with one attached hydrogen (secondary N) is 1. The SMILES string of the molecule is [O]C1CCNC(C(F)(F)F)C1. The summed E-state index contributed by atoms with van der Waals surface area (Å²) >= 11 is 0. The molecule has 65 valence electrons. The molecule has 0 bridgehead atoms. The Morgan fingerprint density at radius 2 is 2.00 bits per heavy atom. The maximum absolute atomic E-state index is 11.9. The van der Waals surface area contributed by atoms with Gasteiger partial charge in [0.15, 0.2) is 0 Å². The molecule has 11 heavy (non-hydrogen) atoms. The van der Waals surface area contributed by atoms with Gasteiger partial charge in [-0.15, -0.1) is 0 Å². The fraction of sp³-hybridized carbons (Fsp3) is 1.00. The molecule has 2 atom stereocenters. The van der Waals surface area contributed by atoms with E-state index in [1.165, 1.54) is 0 Å². The predicted molar refractivity (Wildman–Crippen MR) is 31.6 cm³/mol. The number of rotatable bonds is 0. The highest BCUT2D eigenvalue weighted by atomic mass is 19.4. The van der Waals surface area contributed by atoms with Gasteiger partial charge in [-0.2, -0.15) is 13.2 Å². The minimum atomic E-state index is -4.26. The van der Waals surface area contributed by atoms with Crippen LogP contribution in [-0.2, 0) is 5.11 Å². The van der Waals surface area contributed by atoms with Crippen molar-refractivity contribution in [1.29, 1.82) is 0 Å². The average Bonchev–Trinajstić information content (AvgIpc) is 1.86. The van der Waals surface area contributed by atoms with Crippen LogP contribution in [0.1, 0.15) is 12.8 Å².